The molecule has 76 valence electrons. The lowest BCUT2D eigenvalue weighted by Crippen LogP contribution is -1.86. The predicted molar refractivity (Wildman–Crippen MR) is 62.0 cm³/mol. The van der Waals surface area contributed by atoms with Crippen LogP contribution in [0.15, 0.2) is 48.7 Å². The van der Waals surface area contributed by atoms with Crippen molar-refractivity contribution < 1.29 is 4.79 Å². The maximum Gasteiger partial charge on any atom is 0.168 e. The topological polar surface area (TPSA) is 30.0 Å². The first-order chi connectivity index (χ1) is 7.88. The van der Waals surface area contributed by atoms with Gasteiger partial charge in [0.25, 0.3) is 0 Å². The molecule has 0 spiro atoms. The summed E-state index contributed by atoms with van der Waals surface area (Å²) in [5, 5.41) is 0. The molecule has 0 atom stereocenters. The summed E-state index contributed by atoms with van der Waals surface area (Å²) >= 11 is 0. The molecule has 2 rings (SSSR count). The number of nitrogens with zero attached hydrogens (tertiary/aromatic N) is 1. The maximum absolute atomic E-state index is 10.5. The molecular formula is C14H9NO. The highest BCUT2D eigenvalue weighted by Crippen LogP contribution is 2.00. The van der Waals surface area contributed by atoms with E-state index in [-0.39, 0.29) is 0 Å². The minimum Gasteiger partial charge on any atom is -0.296 e. The minimum atomic E-state index is 0.403. The Hall–Kier alpha value is -2.40. The molecular weight excluding hydrogens is 198 g/mol. The van der Waals surface area contributed by atoms with E-state index >= 15 is 0 Å². The second-order valence-corrected chi connectivity index (χ2v) is 3.20. The standard InChI is InChI=1S/C14H9NO/c16-11-14-10-13(8-9-15-14)7-6-12-4-2-1-3-5-12/h1-5,8-11H. The van der Waals surface area contributed by atoms with Crippen molar-refractivity contribution in [2.75, 3.05) is 0 Å². The van der Waals surface area contributed by atoms with E-state index in [1.165, 1.54) is 0 Å². The summed E-state index contributed by atoms with van der Waals surface area (Å²) in [5.41, 5.74) is 2.15. The number of carbonyl (C=O) groups is 1. The first-order valence-electron chi connectivity index (χ1n) is 4.87. The molecule has 2 aromatic rings. The number of hydrogen-bond acceptors (Lipinski definition) is 2. The zero-order chi connectivity index (χ0) is 11.2. The van der Waals surface area contributed by atoms with Crippen LogP contribution in [-0.4, -0.2) is 11.3 Å². The van der Waals surface area contributed by atoms with Crippen molar-refractivity contribution in [3.63, 3.8) is 0 Å². The first-order valence-corrected chi connectivity index (χ1v) is 4.87. The van der Waals surface area contributed by atoms with E-state index in [4.69, 9.17) is 0 Å². The number of pyridine rings is 1. The van der Waals surface area contributed by atoms with Crippen LogP contribution in [0.3, 0.4) is 0 Å². The van der Waals surface area contributed by atoms with Gasteiger partial charge in [0.1, 0.15) is 5.69 Å². The van der Waals surface area contributed by atoms with Gasteiger partial charge in [-0.2, -0.15) is 0 Å². The van der Waals surface area contributed by atoms with Gasteiger partial charge in [0.05, 0.1) is 0 Å². The van der Waals surface area contributed by atoms with Crippen molar-refractivity contribution in [2.24, 2.45) is 0 Å². The van der Waals surface area contributed by atoms with Crippen molar-refractivity contribution in [2.45, 2.75) is 0 Å². The number of aromatic nitrogens is 1. The molecule has 0 aliphatic carbocycles. The molecule has 16 heavy (non-hydrogen) atoms. The van der Waals surface area contributed by atoms with Crippen molar-refractivity contribution in [1.82, 2.24) is 4.98 Å². The minimum absolute atomic E-state index is 0.403. The zero-order valence-corrected chi connectivity index (χ0v) is 8.55. The van der Waals surface area contributed by atoms with Crippen LogP contribution >= 0.6 is 0 Å². The van der Waals surface area contributed by atoms with E-state index in [0.717, 1.165) is 11.1 Å². The molecule has 2 heteroatoms. The predicted octanol–water partition coefficient (Wildman–Crippen LogP) is 2.29. The molecule has 1 heterocycles. The lowest BCUT2D eigenvalue weighted by Gasteiger charge is -1.91. The van der Waals surface area contributed by atoms with E-state index in [9.17, 15) is 4.79 Å². The summed E-state index contributed by atoms with van der Waals surface area (Å²) in [6.45, 7) is 0. The molecule has 0 saturated carbocycles. The Balaban J connectivity index is 2.27. The lowest BCUT2D eigenvalue weighted by atomic mass is 10.2. The molecule has 0 unspecified atom stereocenters. The molecule has 0 amide bonds. The summed E-state index contributed by atoms with van der Waals surface area (Å²) in [7, 11) is 0. The molecule has 1 aromatic carbocycles. The Morgan fingerprint density at radius 1 is 1.00 bits per heavy atom. The molecule has 0 saturated heterocycles. The zero-order valence-electron chi connectivity index (χ0n) is 8.55. The molecule has 2 nitrogen and oxygen atoms in total. The van der Waals surface area contributed by atoms with E-state index < -0.39 is 0 Å². The van der Waals surface area contributed by atoms with Crippen molar-refractivity contribution in [3.8, 4) is 11.8 Å². The Bertz CT molecular complexity index is 550. The van der Waals surface area contributed by atoms with Crippen LogP contribution in [-0.2, 0) is 0 Å². The average molecular weight is 207 g/mol. The van der Waals surface area contributed by atoms with Gasteiger partial charge in [-0.05, 0) is 24.3 Å². The van der Waals surface area contributed by atoms with Crippen LogP contribution in [0.5, 0.6) is 0 Å². The quantitative estimate of drug-likeness (QED) is 0.530. The Labute approximate surface area is 94.0 Å². The second kappa shape index (κ2) is 4.90. The largest absolute Gasteiger partial charge is 0.296 e. The fourth-order valence-corrected chi connectivity index (χ4v) is 1.26. The van der Waals surface area contributed by atoms with E-state index in [0.29, 0.717) is 12.0 Å². The van der Waals surface area contributed by atoms with Gasteiger partial charge >= 0.3 is 0 Å². The number of carbonyl (C=O) groups excluding carboxylic acids is 1. The van der Waals surface area contributed by atoms with Gasteiger partial charge in [-0.15, -0.1) is 0 Å². The number of benzene rings is 1. The van der Waals surface area contributed by atoms with Crippen LogP contribution in [0.1, 0.15) is 21.6 Å². The van der Waals surface area contributed by atoms with Crippen LogP contribution in [0.2, 0.25) is 0 Å². The normalized spacial score (nSPS) is 9.00. The van der Waals surface area contributed by atoms with Crippen molar-refractivity contribution >= 4 is 6.29 Å². The van der Waals surface area contributed by atoms with Crippen LogP contribution in [0.4, 0.5) is 0 Å². The monoisotopic (exact) mass is 207 g/mol. The highest BCUT2D eigenvalue weighted by Gasteiger charge is 1.91. The van der Waals surface area contributed by atoms with Gasteiger partial charge in [0.2, 0.25) is 0 Å². The van der Waals surface area contributed by atoms with Crippen LogP contribution in [0.25, 0.3) is 0 Å². The summed E-state index contributed by atoms with van der Waals surface area (Å²) in [5.74, 6) is 6.01. The van der Waals surface area contributed by atoms with Gasteiger partial charge in [-0.1, -0.05) is 30.0 Å². The smallest absolute Gasteiger partial charge is 0.168 e. The number of rotatable bonds is 1. The SMILES string of the molecule is O=Cc1cc(C#Cc2ccccc2)ccn1. The molecule has 0 N–H and O–H groups in total. The highest BCUT2D eigenvalue weighted by atomic mass is 16.1. The fourth-order valence-electron chi connectivity index (χ4n) is 1.26. The molecule has 0 aliphatic rings. The third-order valence-corrected chi connectivity index (χ3v) is 2.03. The van der Waals surface area contributed by atoms with Crippen molar-refractivity contribution in [1.29, 1.82) is 0 Å². The lowest BCUT2D eigenvalue weighted by molar-refractivity contribution is 0.111. The van der Waals surface area contributed by atoms with E-state index in [1.807, 2.05) is 30.3 Å². The van der Waals surface area contributed by atoms with Crippen LogP contribution < -0.4 is 0 Å². The Morgan fingerprint density at radius 2 is 1.75 bits per heavy atom. The maximum atomic E-state index is 10.5. The fraction of sp³-hybridized carbons (Fsp3) is 0. The van der Waals surface area contributed by atoms with E-state index in [1.54, 1.807) is 18.3 Å². The first kappa shape index (κ1) is 10.1. The van der Waals surface area contributed by atoms with Gasteiger partial charge in [-0.25, -0.2) is 0 Å². The summed E-state index contributed by atoms with van der Waals surface area (Å²) in [6, 6.07) is 13.2. The Morgan fingerprint density at radius 3 is 2.50 bits per heavy atom. The summed E-state index contributed by atoms with van der Waals surface area (Å²) in [4.78, 5) is 14.4. The van der Waals surface area contributed by atoms with Crippen molar-refractivity contribution in [3.05, 3.63) is 65.5 Å². The second-order valence-electron chi connectivity index (χ2n) is 3.20. The number of hydrogen-bond donors (Lipinski definition) is 0. The Kier molecular flexibility index (Phi) is 3.10. The summed E-state index contributed by atoms with van der Waals surface area (Å²) < 4.78 is 0. The van der Waals surface area contributed by atoms with E-state index in [2.05, 4.69) is 16.8 Å². The van der Waals surface area contributed by atoms with Gasteiger partial charge in [0, 0.05) is 17.3 Å². The van der Waals surface area contributed by atoms with Crippen LogP contribution in [0, 0.1) is 11.8 Å². The van der Waals surface area contributed by atoms with Gasteiger partial charge in [0.15, 0.2) is 6.29 Å². The molecule has 0 radical (unpaired) electrons. The number of aldehydes is 1. The highest BCUT2D eigenvalue weighted by molar-refractivity contribution is 5.72. The molecule has 0 bridgehead atoms. The third-order valence-electron chi connectivity index (χ3n) is 2.03. The molecule has 1 aromatic heterocycles. The van der Waals surface area contributed by atoms with Gasteiger partial charge < -0.3 is 0 Å². The van der Waals surface area contributed by atoms with Gasteiger partial charge in [-0.3, -0.25) is 9.78 Å². The molecule has 0 fully saturated rings. The third kappa shape index (κ3) is 2.55. The molecule has 0 aliphatic heterocycles. The average Bonchev–Trinajstić information content (AvgIpc) is 2.38. The summed E-state index contributed by atoms with van der Waals surface area (Å²) in [6.07, 6.45) is 2.30.